The lowest BCUT2D eigenvalue weighted by Crippen LogP contribution is -2.21. The van der Waals surface area contributed by atoms with Gasteiger partial charge < -0.3 is 13.9 Å². The highest BCUT2D eigenvalue weighted by Gasteiger charge is 2.15. The molecule has 0 saturated carbocycles. The van der Waals surface area contributed by atoms with Crippen molar-refractivity contribution in [3.05, 3.63) is 75.6 Å². The number of aryl methyl sites for hydroxylation is 1. The van der Waals surface area contributed by atoms with Crippen molar-refractivity contribution in [1.82, 2.24) is 0 Å². The molecule has 6 heteroatoms. The molecule has 1 heterocycles. The summed E-state index contributed by atoms with van der Waals surface area (Å²) in [6, 6.07) is 13.5. The van der Waals surface area contributed by atoms with Crippen molar-refractivity contribution in [1.29, 1.82) is 0 Å². The van der Waals surface area contributed by atoms with Crippen LogP contribution in [0.3, 0.4) is 0 Å². The molecule has 1 atom stereocenters. The lowest BCUT2D eigenvalue weighted by molar-refractivity contribution is -0.124. The zero-order valence-electron chi connectivity index (χ0n) is 15.9. The third kappa shape index (κ3) is 4.46. The van der Waals surface area contributed by atoms with Gasteiger partial charge in [-0.05, 0) is 56.2 Å². The van der Waals surface area contributed by atoms with Crippen LogP contribution in [0.2, 0.25) is 0 Å². The van der Waals surface area contributed by atoms with E-state index >= 15 is 0 Å². The number of benzene rings is 2. The predicted molar refractivity (Wildman–Crippen MR) is 104 cm³/mol. The molecule has 1 unspecified atom stereocenters. The molecule has 0 fully saturated rings. The van der Waals surface area contributed by atoms with E-state index in [2.05, 4.69) is 0 Å². The summed E-state index contributed by atoms with van der Waals surface area (Å²) in [5.74, 6) is -0.185. The molecule has 3 rings (SSSR count). The van der Waals surface area contributed by atoms with Gasteiger partial charge in [-0.2, -0.15) is 0 Å². The first-order chi connectivity index (χ1) is 13.3. The lowest BCUT2D eigenvalue weighted by atomic mass is 10.1. The highest BCUT2D eigenvalue weighted by Crippen LogP contribution is 2.23. The van der Waals surface area contributed by atoms with E-state index in [4.69, 9.17) is 13.9 Å². The van der Waals surface area contributed by atoms with Gasteiger partial charge in [0.1, 0.15) is 17.9 Å². The van der Waals surface area contributed by atoms with Gasteiger partial charge in [-0.1, -0.05) is 12.1 Å². The molecule has 0 aliphatic carbocycles. The minimum Gasteiger partial charge on any atom is -0.489 e. The van der Waals surface area contributed by atoms with Crippen molar-refractivity contribution in [2.75, 3.05) is 0 Å². The van der Waals surface area contributed by atoms with Gasteiger partial charge >= 0.3 is 11.6 Å². The zero-order valence-corrected chi connectivity index (χ0v) is 15.9. The Hall–Kier alpha value is -3.41. The highest BCUT2D eigenvalue weighted by atomic mass is 16.5. The molecule has 0 bridgehead atoms. The summed E-state index contributed by atoms with van der Waals surface area (Å²) in [6.07, 6.45) is -0.771. The van der Waals surface area contributed by atoms with Crippen LogP contribution < -0.4 is 10.4 Å². The first-order valence-electron chi connectivity index (χ1n) is 8.81. The lowest BCUT2D eigenvalue weighted by Gasteiger charge is -2.11. The normalized spacial score (nSPS) is 11.8. The van der Waals surface area contributed by atoms with Crippen LogP contribution in [0.5, 0.6) is 5.75 Å². The maximum absolute atomic E-state index is 12.0. The van der Waals surface area contributed by atoms with Crippen LogP contribution in [0.25, 0.3) is 11.0 Å². The van der Waals surface area contributed by atoms with E-state index in [1.165, 1.54) is 19.9 Å². The molecule has 1 aromatic heterocycles. The van der Waals surface area contributed by atoms with Crippen molar-refractivity contribution in [3.8, 4) is 5.75 Å². The Kier molecular flexibility index (Phi) is 5.59. The minimum atomic E-state index is -0.771. The Morgan fingerprint density at radius 2 is 1.79 bits per heavy atom. The molecular formula is C22H20O6. The number of ketones is 1. The summed E-state index contributed by atoms with van der Waals surface area (Å²) in [7, 11) is 0. The van der Waals surface area contributed by atoms with Crippen LogP contribution in [0.15, 0.2) is 57.7 Å². The molecule has 3 aromatic rings. The summed E-state index contributed by atoms with van der Waals surface area (Å²) in [6.45, 7) is 5.04. The molecule has 6 nitrogen and oxygen atoms in total. The molecule has 0 aliphatic heterocycles. The molecule has 0 amide bonds. The molecule has 0 radical (unpaired) electrons. The van der Waals surface area contributed by atoms with Crippen LogP contribution in [0, 0.1) is 6.92 Å². The second-order valence-electron chi connectivity index (χ2n) is 6.55. The van der Waals surface area contributed by atoms with Gasteiger partial charge in [-0.25, -0.2) is 9.59 Å². The highest BCUT2D eigenvalue weighted by molar-refractivity contribution is 5.92. The van der Waals surface area contributed by atoms with E-state index in [0.717, 1.165) is 16.5 Å². The Bertz CT molecular complexity index is 1080. The van der Waals surface area contributed by atoms with Crippen LogP contribution in [-0.4, -0.2) is 17.9 Å². The number of Topliss-reactive ketones (excluding diaryl/α,β-unsaturated/α-hetero) is 1. The van der Waals surface area contributed by atoms with Crippen LogP contribution in [0.4, 0.5) is 0 Å². The largest absolute Gasteiger partial charge is 0.489 e. The van der Waals surface area contributed by atoms with E-state index in [1.807, 2.05) is 19.1 Å². The Labute approximate surface area is 161 Å². The standard InChI is InChI=1S/C22H20O6/c1-13-10-21(24)28-20-11-18(8-9-19(13)20)26-12-16-4-6-17(7-5-16)22(25)27-15(3)14(2)23/h4-11,15H,12H2,1-3H3. The van der Waals surface area contributed by atoms with Crippen molar-refractivity contribution in [3.63, 3.8) is 0 Å². The van der Waals surface area contributed by atoms with Gasteiger partial charge in [-0.15, -0.1) is 0 Å². The van der Waals surface area contributed by atoms with Gasteiger partial charge in [0, 0.05) is 17.5 Å². The van der Waals surface area contributed by atoms with E-state index in [-0.39, 0.29) is 12.4 Å². The molecule has 0 N–H and O–H groups in total. The van der Waals surface area contributed by atoms with Crippen LogP contribution >= 0.6 is 0 Å². The Morgan fingerprint density at radius 1 is 1.07 bits per heavy atom. The maximum atomic E-state index is 12.0. The number of carbonyl (C=O) groups is 2. The average molecular weight is 380 g/mol. The average Bonchev–Trinajstić information content (AvgIpc) is 2.66. The molecular weight excluding hydrogens is 360 g/mol. The summed E-state index contributed by atoms with van der Waals surface area (Å²) < 4.78 is 16.0. The topological polar surface area (TPSA) is 82.8 Å². The van der Waals surface area contributed by atoms with Gasteiger partial charge in [0.05, 0.1) is 5.56 Å². The third-order valence-corrected chi connectivity index (χ3v) is 4.37. The smallest absolute Gasteiger partial charge is 0.338 e. The third-order valence-electron chi connectivity index (χ3n) is 4.37. The second-order valence-corrected chi connectivity index (χ2v) is 6.55. The number of carbonyl (C=O) groups excluding carboxylic acids is 2. The number of hydrogen-bond acceptors (Lipinski definition) is 6. The molecule has 0 saturated heterocycles. The van der Waals surface area contributed by atoms with Crippen LogP contribution in [-0.2, 0) is 16.1 Å². The van der Waals surface area contributed by atoms with Crippen molar-refractivity contribution in [2.24, 2.45) is 0 Å². The molecule has 2 aromatic carbocycles. The van der Waals surface area contributed by atoms with E-state index in [0.29, 0.717) is 16.9 Å². The summed E-state index contributed by atoms with van der Waals surface area (Å²) >= 11 is 0. The fourth-order valence-corrected chi connectivity index (χ4v) is 2.61. The number of fused-ring (bicyclic) bond motifs is 1. The van der Waals surface area contributed by atoms with E-state index < -0.39 is 17.7 Å². The number of hydrogen-bond donors (Lipinski definition) is 0. The molecule has 0 spiro atoms. The van der Waals surface area contributed by atoms with Crippen molar-refractivity contribution < 1.29 is 23.5 Å². The van der Waals surface area contributed by atoms with Gasteiger partial charge in [0.2, 0.25) is 0 Å². The van der Waals surface area contributed by atoms with Crippen molar-refractivity contribution in [2.45, 2.75) is 33.5 Å². The number of rotatable bonds is 6. The number of ether oxygens (including phenoxy) is 2. The SMILES string of the molecule is CC(=O)C(C)OC(=O)c1ccc(COc2ccc3c(C)cc(=O)oc3c2)cc1. The molecule has 0 aliphatic rings. The minimum absolute atomic E-state index is 0.209. The quantitative estimate of drug-likeness (QED) is 0.478. The monoisotopic (exact) mass is 380 g/mol. The van der Waals surface area contributed by atoms with Gasteiger partial charge in [0.25, 0.3) is 0 Å². The second kappa shape index (κ2) is 8.08. The fraction of sp³-hybridized carbons (Fsp3) is 0.227. The number of esters is 1. The van der Waals surface area contributed by atoms with Crippen LogP contribution in [0.1, 0.15) is 35.3 Å². The van der Waals surface area contributed by atoms with E-state index in [9.17, 15) is 14.4 Å². The molecule has 28 heavy (non-hydrogen) atoms. The van der Waals surface area contributed by atoms with Gasteiger partial charge in [0.15, 0.2) is 11.9 Å². The zero-order chi connectivity index (χ0) is 20.3. The predicted octanol–water partition coefficient (Wildman–Crippen LogP) is 3.81. The van der Waals surface area contributed by atoms with Crippen molar-refractivity contribution >= 4 is 22.7 Å². The Balaban J connectivity index is 1.66. The maximum Gasteiger partial charge on any atom is 0.338 e. The summed E-state index contributed by atoms with van der Waals surface area (Å²) in [5.41, 5.74) is 2.13. The fourth-order valence-electron chi connectivity index (χ4n) is 2.61. The summed E-state index contributed by atoms with van der Waals surface area (Å²) in [5, 5.41) is 0.856. The van der Waals surface area contributed by atoms with E-state index in [1.54, 1.807) is 30.3 Å². The first kappa shape index (κ1) is 19.4. The van der Waals surface area contributed by atoms with Gasteiger partial charge in [-0.3, -0.25) is 4.79 Å². The first-order valence-corrected chi connectivity index (χ1v) is 8.81. The Morgan fingerprint density at radius 3 is 2.46 bits per heavy atom. The summed E-state index contributed by atoms with van der Waals surface area (Å²) in [4.78, 5) is 34.7. The molecule has 144 valence electrons.